The van der Waals surface area contributed by atoms with Crippen LogP contribution in [-0.2, 0) is 9.53 Å². The minimum atomic E-state index is -0.454. The molecule has 0 bridgehead atoms. The van der Waals surface area contributed by atoms with Gasteiger partial charge in [0, 0.05) is 0 Å². The Hall–Kier alpha value is -0.570. The van der Waals surface area contributed by atoms with Gasteiger partial charge in [-0.3, -0.25) is 4.79 Å². The fourth-order valence-corrected chi connectivity index (χ4v) is 3.48. The summed E-state index contributed by atoms with van der Waals surface area (Å²) in [6.45, 7) is 9.31. The van der Waals surface area contributed by atoms with Crippen molar-refractivity contribution >= 4 is 5.97 Å². The molecule has 162 valence electrons. The molecule has 0 aliphatic rings. The fraction of sp³-hybridized carbons (Fsp3) is 0.958. The number of ether oxygens (including phenoxy) is 1. The first kappa shape index (κ1) is 26.4. The highest BCUT2D eigenvalue weighted by atomic mass is 16.5. The van der Waals surface area contributed by atoms with Gasteiger partial charge in [0.2, 0.25) is 0 Å². The molecule has 0 fully saturated rings. The molecule has 27 heavy (non-hydrogen) atoms. The van der Waals surface area contributed by atoms with Crippen LogP contribution in [0.5, 0.6) is 0 Å². The third-order valence-electron chi connectivity index (χ3n) is 5.20. The van der Waals surface area contributed by atoms with Gasteiger partial charge in [-0.1, -0.05) is 111 Å². The van der Waals surface area contributed by atoms with E-state index in [-0.39, 0.29) is 5.97 Å². The zero-order valence-corrected chi connectivity index (χ0v) is 18.9. The van der Waals surface area contributed by atoms with Crippen LogP contribution in [0.4, 0.5) is 0 Å². The smallest absolute Gasteiger partial charge is 0.322 e. The number of hydrogen-bond donors (Lipinski definition) is 1. The third-order valence-corrected chi connectivity index (χ3v) is 5.20. The summed E-state index contributed by atoms with van der Waals surface area (Å²) in [6, 6.07) is -0.454. The minimum absolute atomic E-state index is 0.233. The Morgan fingerprint density at radius 1 is 0.667 bits per heavy atom. The number of esters is 1. The minimum Gasteiger partial charge on any atom is -0.465 e. The normalized spacial score (nSPS) is 12.7. The van der Waals surface area contributed by atoms with E-state index >= 15 is 0 Å². The first-order chi connectivity index (χ1) is 12.9. The summed E-state index contributed by atoms with van der Waals surface area (Å²) in [4.78, 5) is 11.7. The highest BCUT2D eigenvalue weighted by Gasteiger charge is 2.15. The van der Waals surface area contributed by atoms with Crippen molar-refractivity contribution < 1.29 is 9.53 Å². The predicted molar refractivity (Wildman–Crippen MR) is 118 cm³/mol. The lowest BCUT2D eigenvalue weighted by molar-refractivity contribution is -0.145. The second-order valence-electron chi connectivity index (χ2n) is 9.18. The van der Waals surface area contributed by atoms with E-state index in [4.69, 9.17) is 10.5 Å². The molecular formula is C24H49NO2. The molecule has 0 saturated heterocycles. The van der Waals surface area contributed by atoms with Crippen LogP contribution in [0.15, 0.2) is 0 Å². The van der Waals surface area contributed by atoms with Crippen molar-refractivity contribution in [2.45, 2.75) is 130 Å². The monoisotopic (exact) mass is 383 g/mol. The average Bonchev–Trinajstić information content (AvgIpc) is 2.60. The molecule has 0 unspecified atom stereocenters. The number of rotatable bonds is 19. The third kappa shape index (κ3) is 20.0. The molecule has 0 aromatic heterocycles. The van der Waals surface area contributed by atoms with Gasteiger partial charge in [0.05, 0.1) is 6.61 Å². The fourth-order valence-electron chi connectivity index (χ4n) is 3.48. The van der Waals surface area contributed by atoms with Gasteiger partial charge >= 0.3 is 5.97 Å². The van der Waals surface area contributed by atoms with E-state index in [0.29, 0.717) is 18.9 Å². The summed E-state index contributed by atoms with van der Waals surface area (Å²) in [5.41, 5.74) is 5.81. The zero-order chi connectivity index (χ0) is 20.3. The Morgan fingerprint density at radius 3 is 1.48 bits per heavy atom. The Labute approximate surface area is 170 Å². The van der Waals surface area contributed by atoms with Crippen molar-refractivity contribution in [2.75, 3.05) is 6.61 Å². The van der Waals surface area contributed by atoms with Crippen molar-refractivity contribution in [1.29, 1.82) is 0 Å². The van der Waals surface area contributed by atoms with E-state index in [1.165, 1.54) is 77.0 Å². The molecule has 0 amide bonds. The highest BCUT2D eigenvalue weighted by molar-refractivity contribution is 5.75. The van der Waals surface area contributed by atoms with Crippen LogP contribution in [0.2, 0.25) is 0 Å². The topological polar surface area (TPSA) is 52.3 Å². The van der Waals surface area contributed by atoms with Gasteiger partial charge in [-0.25, -0.2) is 0 Å². The van der Waals surface area contributed by atoms with Crippen LogP contribution in [0.3, 0.4) is 0 Å². The first-order valence-electron chi connectivity index (χ1n) is 11.9. The number of carbonyl (C=O) groups excluding carboxylic acids is 1. The van der Waals surface area contributed by atoms with Gasteiger partial charge in [-0.05, 0) is 24.7 Å². The van der Waals surface area contributed by atoms with Crippen molar-refractivity contribution in [2.24, 2.45) is 17.6 Å². The summed E-state index contributed by atoms with van der Waals surface area (Å²) in [7, 11) is 0. The molecule has 0 aliphatic carbocycles. The summed E-state index contributed by atoms with van der Waals surface area (Å²) in [6.07, 6.45) is 19.5. The SMILES string of the molecule is CC(C)CCCCCCCCCCCCCCCOC(=O)[C@@H](N)CC(C)C. The van der Waals surface area contributed by atoms with Gasteiger partial charge in [-0.15, -0.1) is 0 Å². The molecule has 0 heterocycles. The van der Waals surface area contributed by atoms with Crippen molar-refractivity contribution in [3.05, 3.63) is 0 Å². The maximum Gasteiger partial charge on any atom is 0.322 e. The second kappa shape index (κ2) is 18.8. The highest BCUT2D eigenvalue weighted by Crippen LogP contribution is 2.14. The van der Waals surface area contributed by atoms with E-state index in [9.17, 15) is 4.79 Å². The molecule has 1 atom stereocenters. The average molecular weight is 384 g/mol. The molecule has 0 aromatic carbocycles. The quantitative estimate of drug-likeness (QED) is 0.192. The number of carbonyl (C=O) groups is 1. The summed E-state index contributed by atoms with van der Waals surface area (Å²) < 4.78 is 5.26. The van der Waals surface area contributed by atoms with Gasteiger partial charge in [0.1, 0.15) is 6.04 Å². The summed E-state index contributed by atoms with van der Waals surface area (Å²) in [5.74, 6) is 1.07. The number of unbranched alkanes of at least 4 members (excludes halogenated alkanes) is 12. The molecule has 2 N–H and O–H groups in total. The van der Waals surface area contributed by atoms with Crippen molar-refractivity contribution in [1.82, 2.24) is 0 Å². The molecule has 0 spiro atoms. The van der Waals surface area contributed by atoms with Crippen LogP contribution in [0.1, 0.15) is 124 Å². The van der Waals surface area contributed by atoms with E-state index in [0.717, 1.165) is 18.8 Å². The van der Waals surface area contributed by atoms with E-state index < -0.39 is 6.04 Å². The maximum absolute atomic E-state index is 11.7. The van der Waals surface area contributed by atoms with E-state index in [1.807, 2.05) is 0 Å². The lowest BCUT2D eigenvalue weighted by atomic mass is 10.0. The molecule has 0 rings (SSSR count). The molecule has 3 heteroatoms. The van der Waals surface area contributed by atoms with Gasteiger partial charge in [-0.2, -0.15) is 0 Å². The molecular weight excluding hydrogens is 334 g/mol. The number of hydrogen-bond acceptors (Lipinski definition) is 3. The molecule has 0 aliphatic heterocycles. The number of nitrogens with two attached hydrogens (primary N) is 1. The van der Waals surface area contributed by atoms with Crippen LogP contribution in [0, 0.1) is 11.8 Å². The predicted octanol–water partition coefficient (Wildman–Crippen LogP) is 7.02. The van der Waals surface area contributed by atoms with Crippen LogP contribution in [0.25, 0.3) is 0 Å². The Balaban J connectivity index is 3.20. The van der Waals surface area contributed by atoms with Gasteiger partial charge in [0.15, 0.2) is 0 Å². The Kier molecular flexibility index (Phi) is 18.4. The summed E-state index contributed by atoms with van der Waals surface area (Å²) in [5, 5.41) is 0. The standard InChI is InChI=1S/C24H49NO2/c1-21(2)18-16-14-12-10-8-6-5-7-9-11-13-15-17-19-27-24(26)23(25)20-22(3)4/h21-23H,5-20,25H2,1-4H3/t23-/m0/s1. The van der Waals surface area contributed by atoms with Gasteiger partial charge < -0.3 is 10.5 Å². The molecule has 0 saturated carbocycles. The Bertz CT molecular complexity index is 328. The van der Waals surface area contributed by atoms with Crippen LogP contribution >= 0.6 is 0 Å². The second-order valence-corrected chi connectivity index (χ2v) is 9.18. The van der Waals surface area contributed by atoms with E-state index in [2.05, 4.69) is 27.7 Å². The molecule has 3 nitrogen and oxygen atoms in total. The maximum atomic E-state index is 11.7. The van der Waals surface area contributed by atoms with Crippen LogP contribution < -0.4 is 5.73 Å². The molecule has 0 radical (unpaired) electrons. The lowest BCUT2D eigenvalue weighted by Gasteiger charge is -2.13. The lowest BCUT2D eigenvalue weighted by Crippen LogP contribution is -2.33. The van der Waals surface area contributed by atoms with E-state index in [1.54, 1.807) is 0 Å². The zero-order valence-electron chi connectivity index (χ0n) is 18.9. The van der Waals surface area contributed by atoms with Crippen molar-refractivity contribution in [3.8, 4) is 0 Å². The van der Waals surface area contributed by atoms with Crippen molar-refractivity contribution in [3.63, 3.8) is 0 Å². The van der Waals surface area contributed by atoms with Crippen LogP contribution in [-0.4, -0.2) is 18.6 Å². The Morgan fingerprint density at radius 2 is 1.07 bits per heavy atom. The molecule has 0 aromatic rings. The summed E-state index contributed by atoms with van der Waals surface area (Å²) >= 11 is 0. The first-order valence-corrected chi connectivity index (χ1v) is 11.9. The van der Waals surface area contributed by atoms with Gasteiger partial charge in [0.25, 0.3) is 0 Å². The largest absolute Gasteiger partial charge is 0.465 e.